The van der Waals surface area contributed by atoms with Crippen LogP contribution in [0.4, 0.5) is 11.5 Å². The van der Waals surface area contributed by atoms with Gasteiger partial charge in [-0.2, -0.15) is 8.42 Å². The fourth-order valence-electron chi connectivity index (χ4n) is 2.81. The molecule has 0 unspecified atom stereocenters. The normalized spacial score (nSPS) is 11.6. The van der Waals surface area contributed by atoms with Crippen LogP contribution < -0.4 is 10.1 Å². The number of hydrogen-bond donors (Lipinski definition) is 1. The first-order valence-electron chi connectivity index (χ1n) is 10.1. The van der Waals surface area contributed by atoms with E-state index in [1.54, 1.807) is 12.4 Å². The molecule has 0 saturated heterocycles. The van der Waals surface area contributed by atoms with Gasteiger partial charge in [0.2, 0.25) is 0 Å². The summed E-state index contributed by atoms with van der Waals surface area (Å²) in [4.78, 5) is 8.55. The third-order valence-corrected chi connectivity index (χ3v) is 4.94. The predicted octanol–water partition coefficient (Wildman–Crippen LogP) is 3.07. The molecule has 0 aliphatic heterocycles. The van der Waals surface area contributed by atoms with Crippen LogP contribution in [0.15, 0.2) is 48.9 Å². The highest BCUT2D eigenvalue weighted by molar-refractivity contribution is 7.85. The van der Waals surface area contributed by atoms with Gasteiger partial charge in [0.25, 0.3) is 10.1 Å². The summed E-state index contributed by atoms with van der Waals surface area (Å²) >= 11 is 0. The molecule has 0 aliphatic carbocycles. The van der Waals surface area contributed by atoms with Gasteiger partial charge in [-0.15, -0.1) is 0 Å². The first-order chi connectivity index (χ1) is 15.4. The van der Waals surface area contributed by atoms with Gasteiger partial charge in [0.1, 0.15) is 18.2 Å². The Balaban J connectivity index is 1.39. The number of anilines is 2. The van der Waals surface area contributed by atoms with Crippen molar-refractivity contribution in [2.75, 3.05) is 51.2 Å². The zero-order valence-corrected chi connectivity index (χ0v) is 18.9. The topological polar surface area (TPSA) is 109 Å². The number of nitrogens with one attached hydrogen (secondary N) is 1. The number of rotatable bonds is 13. The van der Waals surface area contributed by atoms with E-state index in [4.69, 9.17) is 14.2 Å². The number of fused-ring (bicyclic) bond motifs is 1. The maximum Gasteiger partial charge on any atom is 0.264 e. The summed E-state index contributed by atoms with van der Waals surface area (Å²) in [6.07, 6.45) is 6.36. The molecule has 32 heavy (non-hydrogen) atoms. The lowest BCUT2D eigenvalue weighted by Crippen LogP contribution is -2.14. The van der Waals surface area contributed by atoms with Crippen molar-refractivity contribution in [2.24, 2.45) is 0 Å². The average molecular weight is 462 g/mol. The van der Waals surface area contributed by atoms with E-state index in [0.29, 0.717) is 32.2 Å². The predicted molar refractivity (Wildman–Crippen MR) is 122 cm³/mol. The van der Waals surface area contributed by atoms with Gasteiger partial charge in [-0.25, -0.2) is 4.98 Å². The lowest BCUT2D eigenvalue weighted by atomic mass is 10.1. The molecule has 10 heteroatoms. The Morgan fingerprint density at radius 2 is 1.66 bits per heavy atom. The van der Waals surface area contributed by atoms with Gasteiger partial charge < -0.3 is 19.5 Å². The van der Waals surface area contributed by atoms with E-state index in [1.165, 1.54) is 0 Å². The molecule has 0 radical (unpaired) electrons. The molecule has 0 spiro atoms. The van der Waals surface area contributed by atoms with Crippen molar-refractivity contribution >= 4 is 32.4 Å². The number of ether oxygens (including phenoxy) is 3. The van der Waals surface area contributed by atoms with Crippen molar-refractivity contribution < 1.29 is 26.8 Å². The molecule has 2 aromatic heterocycles. The molecule has 0 bridgehead atoms. The Labute approximate surface area is 187 Å². The summed E-state index contributed by atoms with van der Waals surface area (Å²) in [5.41, 5.74) is 1.85. The Morgan fingerprint density at radius 1 is 0.906 bits per heavy atom. The van der Waals surface area contributed by atoms with Crippen molar-refractivity contribution in [1.82, 2.24) is 9.97 Å². The van der Waals surface area contributed by atoms with Crippen LogP contribution in [-0.4, -0.2) is 64.3 Å². The van der Waals surface area contributed by atoms with Gasteiger partial charge >= 0.3 is 0 Å². The summed E-state index contributed by atoms with van der Waals surface area (Å²) in [6.45, 7) is 3.61. The van der Waals surface area contributed by atoms with Crippen LogP contribution in [0, 0.1) is 6.92 Å². The molecule has 3 rings (SSSR count). The van der Waals surface area contributed by atoms with Gasteiger partial charge in [0.05, 0.1) is 39.3 Å². The zero-order valence-electron chi connectivity index (χ0n) is 18.1. The summed E-state index contributed by atoms with van der Waals surface area (Å²) in [5, 5.41) is 5.47. The van der Waals surface area contributed by atoms with Crippen molar-refractivity contribution in [3.05, 3.63) is 54.5 Å². The second-order valence-electron chi connectivity index (χ2n) is 7.00. The second-order valence-corrected chi connectivity index (χ2v) is 8.64. The number of aryl methyl sites for hydroxylation is 1. The van der Waals surface area contributed by atoms with Gasteiger partial charge in [-0.3, -0.25) is 9.17 Å². The maximum absolute atomic E-state index is 10.8. The minimum Gasteiger partial charge on any atom is -0.491 e. The molecular formula is C22H27N3O6S. The highest BCUT2D eigenvalue weighted by atomic mass is 32.2. The smallest absolute Gasteiger partial charge is 0.264 e. The van der Waals surface area contributed by atoms with Crippen LogP contribution in [0.25, 0.3) is 10.8 Å². The van der Waals surface area contributed by atoms with Gasteiger partial charge in [-0.05, 0) is 30.5 Å². The quantitative estimate of drug-likeness (QED) is 0.303. The number of nitrogens with zero attached hydrogens (tertiary/aromatic N) is 2. The van der Waals surface area contributed by atoms with E-state index in [9.17, 15) is 8.42 Å². The lowest BCUT2D eigenvalue weighted by molar-refractivity contribution is 0.0280. The number of hydrogen-bond acceptors (Lipinski definition) is 9. The molecule has 9 nitrogen and oxygen atoms in total. The fourth-order valence-corrected chi connectivity index (χ4v) is 3.19. The fraction of sp³-hybridized carbons (Fsp3) is 0.364. The van der Waals surface area contributed by atoms with E-state index in [1.807, 2.05) is 43.5 Å². The molecule has 2 heterocycles. The molecule has 3 aromatic rings. The molecule has 0 fully saturated rings. The third-order valence-electron chi connectivity index (χ3n) is 4.35. The van der Waals surface area contributed by atoms with Gasteiger partial charge in [0.15, 0.2) is 0 Å². The molecule has 1 N–H and O–H groups in total. The van der Waals surface area contributed by atoms with Crippen LogP contribution in [-0.2, 0) is 23.8 Å². The van der Waals surface area contributed by atoms with E-state index in [2.05, 4.69) is 19.5 Å². The largest absolute Gasteiger partial charge is 0.491 e. The summed E-state index contributed by atoms with van der Waals surface area (Å²) in [6, 6.07) is 9.86. The molecular weight excluding hydrogens is 434 g/mol. The SMILES string of the molecule is Cc1cnc(Nc2ccc3cnccc3c2)cc1OCCOCCOCCOS(C)(=O)=O. The van der Waals surface area contributed by atoms with Crippen LogP contribution in [0.1, 0.15) is 5.56 Å². The van der Waals surface area contributed by atoms with E-state index >= 15 is 0 Å². The van der Waals surface area contributed by atoms with Crippen molar-refractivity contribution in [1.29, 1.82) is 0 Å². The molecule has 0 aliphatic rings. The number of benzene rings is 1. The Morgan fingerprint density at radius 3 is 2.44 bits per heavy atom. The van der Waals surface area contributed by atoms with Crippen molar-refractivity contribution in [3.63, 3.8) is 0 Å². The van der Waals surface area contributed by atoms with Crippen LogP contribution in [0.2, 0.25) is 0 Å². The molecule has 0 amide bonds. The monoisotopic (exact) mass is 461 g/mol. The highest BCUT2D eigenvalue weighted by Crippen LogP contribution is 2.25. The van der Waals surface area contributed by atoms with Gasteiger partial charge in [-0.1, -0.05) is 6.07 Å². The number of aromatic nitrogens is 2. The first kappa shape index (κ1) is 23.9. The minimum absolute atomic E-state index is 0.00392. The van der Waals surface area contributed by atoms with Crippen LogP contribution >= 0.6 is 0 Å². The number of pyridine rings is 2. The maximum atomic E-state index is 10.8. The van der Waals surface area contributed by atoms with Gasteiger partial charge in [0, 0.05) is 41.3 Å². The molecule has 172 valence electrons. The molecule has 0 atom stereocenters. The summed E-state index contributed by atoms with van der Waals surface area (Å²) < 4.78 is 42.7. The molecule has 1 aromatic carbocycles. The van der Waals surface area contributed by atoms with E-state index in [-0.39, 0.29) is 13.2 Å². The molecule has 0 saturated carbocycles. The second kappa shape index (κ2) is 11.7. The van der Waals surface area contributed by atoms with Crippen molar-refractivity contribution in [3.8, 4) is 5.75 Å². The van der Waals surface area contributed by atoms with Crippen LogP contribution in [0.3, 0.4) is 0 Å². The standard InChI is InChI=1S/C22H27N3O6S/c1-17-15-24-22(25-20-4-3-19-16-23-6-5-18(19)13-20)14-21(17)30-11-9-28-7-8-29-10-12-31-32(2,26)27/h3-6,13-16H,7-12H2,1-2H3,(H,24,25). The Bertz CT molecular complexity index is 1120. The average Bonchev–Trinajstić information content (AvgIpc) is 2.76. The van der Waals surface area contributed by atoms with Crippen molar-refractivity contribution in [2.45, 2.75) is 6.92 Å². The lowest BCUT2D eigenvalue weighted by Gasteiger charge is -2.12. The summed E-state index contributed by atoms with van der Waals surface area (Å²) in [7, 11) is -3.43. The zero-order chi connectivity index (χ0) is 22.8. The van der Waals surface area contributed by atoms with E-state index in [0.717, 1.165) is 34.0 Å². The Kier molecular flexibility index (Phi) is 8.74. The highest BCUT2D eigenvalue weighted by Gasteiger charge is 2.05. The minimum atomic E-state index is -3.43. The first-order valence-corrected chi connectivity index (χ1v) is 11.9. The third kappa shape index (κ3) is 8.04. The Hall–Kier alpha value is -2.79. The van der Waals surface area contributed by atoms with E-state index < -0.39 is 10.1 Å². The van der Waals surface area contributed by atoms with Crippen LogP contribution in [0.5, 0.6) is 5.75 Å². The summed E-state index contributed by atoms with van der Waals surface area (Å²) in [5.74, 6) is 1.41.